The average Bonchev–Trinajstić information content (AvgIpc) is 3.11. The minimum Gasteiger partial charge on any atom is -0.506 e. The van der Waals surface area contributed by atoms with E-state index < -0.39 is 11.9 Å². The second-order valence-corrected chi connectivity index (χ2v) is 8.72. The van der Waals surface area contributed by atoms with E-state index in [9.17, 15) is 14.7 Å². The van der Waals surface area contributed by atoms with Crippen LogP contribution in [-0.2, 0) is 9.53 Å². The number of benzene rings is 2. The van der Waals surface area contributed by atoms with E-state index in [1.165, 1.54) is 0 Å². The van der Waals surface area contributed by atoms with Crippen LogP contribution in [0.1, 0.15) is 36.7 Å². The Balaban J connectivity index is 2.04. The van der Waals surface area contributed by atoms with Crippen LogP contribution in [0.4, 0.5) is 0 Å². The van der Waals surface area contributed by atoms with Crippen LogP contribution in [-0.4, -0.2) is 41.8 Å². The molecule has 0 unspecified atom stereocenters. The third kappa shape index (κ3) is 5.90. The third-order valence-electron chi connectivity index (χ3n) is 4.51. The van der Waals surface area contributed by atoms with Crippen molar-refractivity contribution in [1.82, 2.24) is 0 Å². The number of ether oxygens (including phenoxy) is 3. The average molecular weight is 546 g/mol. The number of amides is 1. The van der Waals surface area contributed by atoms with E-state index in [0.717, 1.165) is 11.8 Å². The fourth-order valence-corrected chi connectivity index (χ4v) is 4.69. The van der Waals surface area contributed by atoms with Crippen LogP contribution in [0.3, 0.4) is 0 Å². The Kier molecular flexibility index (Phi) is 8.95. The summed E-state index contributed by atoms with van der Waals surface area (Å²) < 4.78 is 17.1. The molecule has 3 rings (SSSR count). The maximum atomic E-state index is 12.6. The van der Waals surface area contributed by atoms with Gasteiger partial charge < -0.3 is 19.3 Å². The summed E-state index contributed by atoms with van der Waals surface area (Å²) in [6.45, 7) is 6.43. The monoisotopic (exact) mass is 545 g/mol. The highest BCUT2D eigenvalue weighted by Gasteiger charge is 2.34. The molecule has 2 aromatic carbocycles. The Bertz CT molecular complexity index is 1170. The van der Waals surface area contributed by atoms with Gasteiger partial charge in [-0.25, -0.2) is 9.79 Å². The number of carbonyl (C=O) groups excluding carboxylic acids is 2. The van der Waals surface area contributed by atoms with E-state index in [-0.39, 0.29) is 23.0 Å². The third-order valence-corrected chi connectivity index (χ3v) is 6.12. The van der Waals surface area contributed by atoms with Gasteiger partial charge in [0.1, 0.15) is 16.4 Å². The molecule has 0 aromatic heterocycles. The van der Waals surface area contributed by atoms with Crippen LogP contribution in [0.15, 0.2) is 68.2 Å². The first-order chi connectivity index (χ1) is 16.4. The summed E-state index contributed by atoms with van der Waals surface area (Å²) in [6, 6.07) is 12.1. The molecule has 2 aromatic rings. The van der Waals surface area contributed by atoms with Gasteiger partial charge in [-0.2, -0.15) is 0 Å². The van der Waals surface area contributed by atoms with Crippen LogP contribution < -0.4 is 9.47 Å². The maximum Gasteiger partial charge on any atom is 0.344 e. The highest BCUT2D eigenvalue weighted by atomic mass is 79.9. The van der Waals surface area contributed by atoms with E-state index in [4.69, 9.17) is 14.2 Å². The molecule has 1 heterocycles. The molecule has 0 radical (unpaired) electrons. The van der Waals surface area contributed by atoms with Gasteiger partial charge in [0.2, 0.25) is 0 Å². The quantitative estimate of drug-likeness (QED) is 0.409. The molecular weight excluding hydrogens is 522 g/mol. The van der Waals surface area contributed by atoms with Crippen molar-refractivity contribution in [3.63, 3.8) is 0 Å². The SMILES string of the molecule is CCOC(=O)C1=C(O)/C(=C/c2cc(Br)c(OCC)c(OCC)c2)SC1=NC(=O)c1ccccc1. The molecule has 0 fully saturated rings. The molecule has 178 valence electrons. The zero-order valence-corrected chi connectivity index (χ0v) is 21.4. The van der Waals surface area contributed by atoms with E-state index in [1.54, 1.807) is 49.4 Å². The number of esters is 1. The minimum absolute atomic E-state index is 0.0751. The Hall–Kier alpha value is -3.04. The number of aliphatic hydroxyl groups excluding tert-OH is 1. The predicted molar refractivity (Wildman–Crippen MR) is 137 cm³/mol. The number of nitrogens with zero attached hydrogens (tertiary/aromatic N) is 1. The molecule has 7 nitrogen and oxygen atoms in total. The maximum absolute atomic E-state index is 12.6. The summed E-state index contributed by atoms with van der Waals surface area (Å²) in [5.41, 5.74) is 0.914. The molecule has 34 heavy (non-hydrogen) atoms. The summed E-state index contributed by atoms with van der Waals surface area (Å²) in [5, 5.41) is 10.9. The van der Waals surface area contributed by atoms with Crippen LogP contribution >= 0.6 is 27.7 Å². The zero-order valence-electron chi connectivity index (χ0n) is 19.0. The lowest BCUT2D eigenvalue weighted by atomic mass is 10.1. The van der Waals surface area contributed by atoms with Crippen molar-refractivity contribution in [3.8, 4) is 11.5 Å². The highest BCUT2D eigenvalue weighted by molar-refractivity contribution is 9.10. The lowest BCUT2D eigenvalue weighted by molar-refractivity contribution is -0.138. The first kappa shape index (κ1) is 25.6. The number of halogens is 1. The van der Waals surface area contributed by atoms with Gasteiger partial charge in [-0.05, 0) is 72.6 Å². The Morgan fingerprint density at radius 3 is 2.41 bits per heavy atom. The van der Waals surface area contributed by atoms with Crippen LogP contribution in [0.25, 0.3) is 6.08 Å². The Labute approximate surface area is 210 Å². The number of aliphatic hydroxyl groups is 1. The number of aliphatic imine (C=N–C) groups is 1. The first-order valence-electron chi connectivity index (χ1n) is 10.7. The normalized spacial score (nSPS) is 15.6. The van der Waals surface area contributed by atoms with Gasteiger partial charge in [0.15, 0.2) is 11.5 Å². The molecule has 0 saturated heterocycles. The van der Waals surface area contributed by atoms with E-state index >= 15 is 0 Å². The first-order valence-corrected chi connectivity index (χ1v) is 12.3. The molecule has 0 spiro atoms. The molecular formula is C25H24BrNO6S. The van der Waals surface area contributed by atoms with Gasteiger partial charge in [0.05, 0.1) is 29.2 Å². The molecule has 1 aliphatic rings. The predicted octanol–water partition coefficient (Wildman–Crippen LogP) is 5.95. The molecule has 0 aliphatic carbocycles. The fourth-order valence-electron chi connectivity index (χ4n) is 3.10. The number of hydrogen-bond acceptors (Lipinski definition) is 7. The van der Waals surface area contributed by atoms with Crippen molar-refractivity contribution in [1.29, 1.82) is 0 Å². The van der Waals surface area contributed by atoms with Crippen molar-refractivity contribution < 1.29 is 28.9 Å². The van der Waals surface area contributed by atoms with Gasteiger partial charge in [0, 0.05) is 5.56 Å². The lowest BCUT2D eigenvalue weighted by Gasteiger charge is -2.13. The van der Waals surface area contributed by atoms with Crippen molar-refractivity contribution in [2.45, 2.75) is 20.8 Å². The van der Waals surface area contributed by atoms with E-state index in [2.05, 4.69) is 20.9 Å². The summed E-state index contributed by atoms with van der Waals surface area (Å²) in [4.78, 5) is 29.7. The van der Waals surface area contributed by atoms with Crippen LogP contribution in [0.5, 0.6) is 11.5 Å². The molecule has 0 saturated carbocycles. The van der Waals surface area contributed by atoms with Crippen molar-refractivity contribution in [2.75, 3.05) is 19.8 Å². The second-order valence-electron chi connectivity index (χ2n) is 6.84. The molecule has 1 aliphatic heterocycles. The van der Waals surface area contributed by atoms with Crippen molar-refractivity contribution in [3.05, 3.63) is 74.3 Å². The number of rotatable bonds is 8. The van der Waals surface area contributed by atoms with Gasteiger partial charge in [-0.1, -0.05) is 30.0 Å². The van der Waals surface area contributed by atoms with Gasteiger partial charge in [-0.15, -0.1) is 0 Å². The zero-order chi connectivity index (χ0) is 24.7. The van der Waals surface area contributed by atoms with Gasteiger partial charge in [-0.3, -0.25) is 4.79 Å². The number of thioether (sulfide) groups is 1. The molecule has 1 N–H and O–H groups in total. The standard InChI is InChI=1S/C25H24BrNO6S/c1-4-31-18-13-15(12-17(26)22(18)32-5-2)14-19-21(28)20(25(30)33-6-3)24(34-19)27-23(29)16-10-8-7-9-11-16/h7-14,28H,4-6H2,1-3H3/b19-14-,27-24?. The number of hydrogen-bond donors (Lipinski definition) is 1. The van der Waals surface area contributed by atoms with Crippen LogP contribution in [0.2, 0.25) is 0 Å². The van der Waals surface area contributed by atoms with Crippen LogP contribution in [0, 0.1) is 0 Å². The molecule has 0 atom stereocenters. The largest absolute Gasteiger partial charge is 0.506 e. The molecule has 1 amide bonds. The second kappa shape index (κ2) is 11.9. The molecule has 0 bridgehead atoms. The lowest BCUT2D eigenvalue weighted by Crippen LogP contribution is -2.14. The van der Waals surface area contributed by atoms with Crippen molar-refractivity contribution in [2.24, 2.45) is 4.99 Å². The molecule has 9 heteroatoms. The van der Waals surface area contributed by atoms with E-state index in [0.29, 0.717) is 45.2 Å². The minimum atomic E-state index is -0.751. The summed E-state index contributed by atoms with van der Waals surface area (Å²) >= 11 is 4.52. The van der Waals surface area contributed by atoms with E-state index in [1.807, 2.05) is 19.9 Å². The Morgan fingerprint density at radius 1 is 1.06 bits per heavy atom. The van der Waals surface area contributed by atoms with Gasteiger partial charge in [0.25, 0.3) is 5.91 Å². The summed E-state index contributed by atoms with van der Waals surface area (Å²) in [6.07, 6.45) is 1.68. The highest BCUT2D eigenvalue weighted by Crippen LogP contribution is 2.42. The topological polar surface area (TPSA) is 94.4 Å². The Morgan fingerprint density at radius 2 is 1.76 bits per heavy atom. The van der Waals surface area contributed by atoms with Crippen molar-refractivity contribution >= 4 is 50.7 Å². The summed E-state index contributed by atoms with van der Waals surface area (Å²) in [7, 11) is 0. The number of carbonyl (C=O) groups is 2. The summed E-state index contributed by atoms with van der Waals surface area (Å²) in [5.74, 6) is -0.463. The fraction of sp³-hybridized carbons (Fsp3) is 0.240. The van der Waals surface area contributed by atoms with Gasteiger partial charge >= 0.3 is 5.97 Å². The smallest absolute Gasteiger partial charge is 0.344 e.